The highest BCUT2D eigenvalue weighted by Crippen LogP contribution is 2.33. The number of nitrogens with zero attached hydrogens (tertiary/aromatic N) is 3. The number of ketones is 1. The van der Waals surface area contributed by atoms with Gasteiger partial charge in [-0.2, -0.15) is 17.8 Å². The van der Waals surface area contributed by atoms with Gasteiger partial charge in [0.1, 0.15) is 11.5 Å². The number of phenolic OH excluding ortho intramolecular Hbond substituents is 1. The first-order chi connectivity index (χ1) is 12.0. The molecular formula is C17H24N4O3S. The molecule has 0 fully saturated rings. The zero-order valence-electron chi connectivity index (χ0n) is 14.5. The summed E-state index contributed by atoms with van der Waals surface area (Å²) in [6, 6.07) is 3.38. The van der Waals surface area contributed by atoms with Crippen molar-refractivity contribution in [2.75, 3.05) is 6.61 Å². The third kappa shape index (κ3) is 5.19. The maximum atomic E-state index is 11.6. The molecule has 1 aromatic heterocycles. The van der Waals surface area contributed by atoms with Crippen molar-refractivity contribution < 1.29 is 14.6 Å². The molecule has 0 aliphatic carbocycles. The summed E-state index contributed by atoms with van der Waals surface area (Å²) in [4.78, 5) is 11.6. The number of benzene rings is 1. The highest BCUT2D eigenvalue weighted by molar-refractivity contribution is 7.80. The number of hydrogen-bond acceptors (Lipinski definition) is 7. The number of aromatic nitrogens is 4. The van der Waals surface area contributed by atoms with Crippen LogP contribution in [0.5, 0.6) is 11.5 Å². The van der Waals surface area contributed by atoms with Crippen LogP contribution in [0.15, 0.2) is 12.1 Å². The van der Waals surface area contributed by atoms with Crippen molar-refractivity contribution in [1.29, 1.82) is 0 Å². The number of carbonyl (C=O) groups excluding carboxylic acids is 1. The molecule has 0 saturated heterocycles. The molecule has 0 radical (unpaired) electrons. The van der Waals surface area contributed by atoms with Crippen molar-refractivity contribution in [2.24, 2.45) is 0 Å². The summed E-state index contributed by atoms with van der Waals surface area (Å²) in [5.74, 6) is 1.13. The van der Waals surface area contributed by atoms with E-state index in [2.05, 4.69) is 33.3 Å². The van der Waals surface area contributed by atoms with Gasteiger partial charge in [0.05, 0.1) is 17.4 Å². The average Bonchev–Trinajstić information content (AvgIpc) is 3.11. The predicted octanol–water partition coefficient (Wildman–Crippen LogP) is 3.28. The van der Waals surface area contributed by atoms with Crippen LogP contribution < -0.4 is 4.74 Å². The lowest BCUT2D eigenvalue weighted by Crippen LogP contribution is -2.04. The van der Waals surface area contributed by atoms with Gasteiger partial charge >= 0.3 is 0 Å². The monoisotopic (exact) mass is 364 g/mol. The lowest BCUT2D eigenvalue weighted by Gasteiger charge is -2.15. The third-order valence-electron chi connectivity index (χ3n) is 3.91. The van der Waals surface area contributed by atoms with Gasteiger partial charge in [0.15, 0.2) is 11.6 Å². The number of ether oxygens (including phenoxy) is 1. The average molecular weight is 364 g/mol. The number of Topliss-reactive ketones (excluding diaryl/α,β-unsaturated/α-hetero) is 1. The minimum atomic E-state index is -0.150. The van der Waals surface area contributed by atoms with E-state index in [9.17, 15) is 9.90 Å². The van der Waals surface area contributed by atoms with Gasteiger partial charge in [-0.05, 0) is 44.7 Å². The summed E-state index contributed by atoms with van der Waals surface area (Å²) in [5, 5.41) is 24.0. The quantitative estimate of drug-likeness (QED) is 0.340. The Morgan fingerprint density at radius 3 is 2.84 bits per heavy atom. The summed E-state index contributed by atoms with van der Waals surface area (Å²) < 4.78 is 5.83. The minimum absolute atomic E-state index is 0.0411. The molecule has 136 valence electrons. The number of H-pyrrole nitrogens is 1. The molecule has 0 spiro atoms. The normalized spacial score (nSPS) is 12.1. The van der Waals surface area contributed by atoms with E-state index in [0.29, 0.717) is 35.7 Å². The number of nitrogens with one attached hydrogen (secondary N) is 1. The van der Waals surface area contributed by atoms with Crippen LogP contribution in [0.3, 0.4) is 0 Å². The number of aromatic hydroxyl groups is 1. The predicted molar refractivity (Wildman–Crippen MR) is 97.4 cm³/mol. The van der Waals surface area contributed by atoms with Crippen LogP contribution in [0.2, 0.25) is 0 Å². The zero-order valence-corrected chi connectivity index (χ0v) is 15.4. The SMILES string of the molecule is CCCc1c(OCCCCC(S)c2nn[nH]n2)ccc(C(C)=O)c1O. The Labute approximate surface area is 152 Å². The number of phenols is 1. The minimum Gasteiger partial charge on any atom is -0.507 e. The molecule has 25 heavy (non-hydrogen) atoms. The molecule has 0 saturated carbocycles. The van der Waals surface area contributed by atoms with E-state index in [0.717, 1.165) is 25.7 Å². The molecule has 1 atom stereocenters. The van der Waals surface area contributed by atoms with Crippen LogP contribution in [0.4, 0.5) is 0 Å². The van der Waals surface area contributed by atoms with E-state index < -0.39 is 0 Å². The van der Waals surface area contributed by atoms with E-state index in [-0.39, 0.29) is 16.8 Å². The summed E-state index contributed by atoms with van der Waals surface area (Å²) in [6.45, 7) is 4.00. The number of carbonyl (C=O) groups is 1. The molecular weight excluding hydrogens is 340 g/mol. The number of thiol groups is 1. The summed E-state index contributed by atoms with van der Waals surface area (Å²) in [6.07, 6.45) is 4.09. The van der Waals surface area contributed by atoms with Gasteiger partial charge in [-0.25, -0.2) is 0 Å². The van der Waals surface area contributed by atoms with Gasteiger partial charge in [-0.1, -0.05) is 18.6 Å². The van der Waals surface area contributed by atoms with E-state index in [1.165, 1.54) is 6.92 Å². The Hall–Kier alpha value is -2.09. The zero-order chi connectivity index (χ0) is 18.2. The Morgan fingerprint density at radius 1 is 1.40 bits per heavy atom. The first-order valence-corrected chi connectivity index (χ1v) is 8.96. The van der Waals surface area contributed by atoms with Gasteiger partial charge in [0, 0.05) is 5.56 Å². The van der Waals surface area contributed by atoms with Crippen molar-refractivity contribution in [3.05, 3.63) is 29.1 Å². The maximum Gasteiger partial charge on any atom is 0.187 e. The van der Waals surface area contributed by atoms with Crippen LogP contribution in [-0.4, -0.2) is 38.1 Å². The largest absolute Gasteiger partial charge is 0.507 e. The first kappa shape index (κ1) is 19.2. The second kappa shape index (κ2) is 9.41. The summed E-state index contributed by atoms with van der Waals surface area (Å²) >= 11 is 4.45. The molecule has 1 unspecified atom stereocenters. The fourth-order valence-electron chi connectivity index (χ4n) is 2.59. The van der Waals surface area contributed by atoms with Crippen LogP contribution in [0.1, 0.15) is 66.5 Å². The first-order valence-electron chi connectivity index (χ1n) is 8.44. The molecule has 0 aliphatic heterocycles. The number of tetrazole rings is 1. The molecule has 7 nitrogen and oxygen atoms in total. The molecule has 1 aromatic carbocycles. The number of hydrogen-bond donors (Lipinski definition) is 3. The number of aromatic amines is 1. The molecule has 1 heterocycles. The topological polar surface area (TPSA) is 101 Å². The standard InChI is InChI=1S/C17H24N4O3S/c1-3-6-13-14(9-8-12(11(2)22)16(13)23)24-10-5-4-7-15(25)17-18-20-21-19-17/h8-9,15,23,25H,3-7,10H2,1-2H3,(H,18,19,20,21). The van der Waals surface area contributed by atoms with Crippen molar-refractivity contribution in [3.8, 4) is 11.5 Å². The summed E-state index contributed by atoms with van der Waals surface area (Å²) in [5.41, 5.74) is 1.04. The Kier molecular flexibility index (Phi) is 7.24. The molecule has 2 N–H and O–H groups in total. The van der Waals surface area contributed by atoms with Gasteiger partial charge in [0.25, 0.3) is 0 Å². The Morgan fingerprint density at radius 2 is 2.20 bits per heavy atom. The third-order valence-corrected chi connectivity index (χ3v) is 4.40. The fraction of sp³-hybridized carbons (Fsp3) is 0.529. The number of rotatable bonds is 10. The van der Waals surface area contributed by atoms with Crippen LogP contribution in [-0.2, 0) is 6.42 Å². The van der Waals surface area contributed by atoms with Gasteiger partial charge < -0.3 is 9.84 Å². The second-order valence-corrected chi connectivity index (χ2v) is 6.50. The van der Waals surface area contributed by atoms with Crippen molar-refractivity contribution in [1.82, 2.24) is 20.6 Å². The lowest BCUT2D eigenvalue weighted by molar-refractivity contribution is 0.101. The molecule has 0 bridgehead atoms. The van der Waals surface area contributed by atoms with Crippen LogP contribution in [0, 0.1) is 0 Å². The molecule has 0 amide bonds. The summed E-state index contributed by atoms with van der Waals surface area (Å²) in [7, 11) is 0. The van der Waals surface area contributed by atoms with E-state index >= 15 is 0 Å². The molecule has 8 heteroatoms. The van der Waals surface area contributed by atoms with Crippen molar-refractivity contribution in [2.45, 2.75) is 51.2 Å². The lowest BCUT2D eigenvalue weighted by atomic mass is 10.0. The van der Waals surface area contributed by atoms with Gasteiger partial charge in [0.2, 0.25) is 0 Å². The van der Waals surface area contributed by atoms with Crippen LogP contribution >= 0.6 is 12.6 Å². The van der Waals surface area contributed by atoms with Gasteiger partial charge in [-0.15, -0.1) is 10.2 Å². The van der Waals surface area contributed by atoms with Crippen molar-refractivity contribution in [3.63, 3.8) is 0 Å². The highest BCUT2D eigenvalue weighted by Gasteiger charge is 2.16. The maximum absolute atomic E-state index is 11.6. The van der Waals surface area contributed by atoms with Gasteiger partial charge in [-0.3, -0.25) is 4.79 Å². The van der Waals surface area contributed by atoms with E-state index in [4.69, 9.17) is 4.74 Å². The molecule has 2 rings (SSSR count). The molecule has 0 aliphatic rings. The van der Waals surface area contributed by atoms with Crippen molar-refractivity contribution >= 4 is 18.4 Å². The fourth-order valence-corrected chi connectivity index (χ4v) is 2.88. The highest BCUT2D eigenvalue weighted by atomic mass is 32.1. The number of unbranched alkanes of at least 4 members (excludes halogenated alkanes) is 1. The smallest absolute Gasteiger partial charge is 0.187 e. The Bertz CT molecular complexity index is 691. The molecule has 2 aromatic rings. The Balaban J connectivity index is 1.87. The van der Waals surface area contributed by atoms with E-state index in [1.54, 1.807) is 12.1 Å². The second-order valence-electron chi connectivity index (χ2n) is 5.87. The van der Waals surface area contributed by atoms with E-state index in [1.807, 2.05) is 6.92 Å². The van der Waals surface area contributed by atoms with Crippen LogP contribution in [0.25, 0.3) is 0 Å².